The molecule has 5 aromatic carbocycles. The molecule has 2 heterocycles. The highest BCUT2D eigenvalue weighted by molar-refractivity contribution is 7.90. The largest absolute Gasteiger partial charge is 0.449 e. The fraction of sp³-hybridized carbons (Fsp3) is 0.189. The maximum absolute atomic E-state index is 2.82. The summed E-state index contributed by atoms with van der Waals surface area (Å²) >= 11 is 0. The Kier molecular flexibility index (Phi) is 5.28. The molecule has 0 spiro atoms. The average Bonchev–Trinajstić information content (AvgIpc) is 3.64. The van der Waals surface area contributed by atoms with Crippen LogP contribution in [0, 0.1) is 6.92 Å². The van der Waals surface area contributed by atoms with E-state index < -0.39 is 7.26 Å². The normalized spacial score (nSPS) is 18.6. The highest BCUT2D eigenvalue weighted by atomic mass is 31.2. The molecule has 0 bridgehead atoms. The van der Waals surface area contributed by atoms with Gasteiger partial charge < -0.3 is 0 Å². The molecule has 0 saturated carbocycles. The first-order valence-electron chi connectivity index (χ1n) is 14.5. The van der Waals surface area contributed by atoms with E-state index in [4.69, 9.17) is 0 Å². The minimum absolute atomic E-state index is 0.240. The quantitative estimate of drug-likeness (QED) is 0.169. The monoisotopic (exact) mass is 537 g/mol. The van der Waals surface area contributed by atoms with Gasteiger partial charge in [-0.3, -0.25) is 0 Å². The van der Waals surface area contributed by atoms with Gasteiger partial charge in [0.1, 0.15) is 16.8 Å². The molecular formula is C37H34N2P+3. The second-order valence-electron chi connectivity index (χ2n) is 11.7. The van der Waals surface area contributed by atoms with Gasteiger partial charge in [0.2, 0.25) is 12.9 Å². The number of hydrogen-bond donors (Lipinski definition) is 0. The van der Waals surface area contributed by atoms with E-state index in [1.54, 1.807) is 0 Å². The number of para-hydroxylation sites is 1. The van der Waals surface area contributed by atoms with Crippen molar-refractivity contribution in [1.29, 1.82) is 0 Å². The van der Waals surface area contributed by atoms with E-state index in [0.29, 0.717) is 5.92 Å². The third-order valence-corrected chi connectivity index (χ3v) is 14.0. The molecule has 1 atom stereocenters. The van der Waals surface area contributed by atoms with Gasteiger partial charge in [0, 0.05) is 16.5 Å². The van der Waals surface area contributed by atoms with Crippen LogP contribution in [0.5, 0.6) is 0 Å². The van der Waals surface area contributed by atoms with E-state index in [-0.39, 0.29) is 5.91 Å². The lowest BCUT2D eigenvalue weighted by Gasteiger charge is -2.22. The molecule has 0 radical (unpaired) electrons. The molecule has 3 heteroatoms. The lowest BCUT2D eigenvalue weighted by atomic mass is 9.97. The standard InChI is InChI=1S/C37H34N2P/c1-25(2)30-20-10-13-26(3)34(30)39-36-32-22-12-15-27-14-11-21-31(33(27)32)35(36)38-23-24-40(37(38)39,28-16-6-4-7-17-28)29-18-8-5-9-19-29/h4-22,25,37H,23-24H2,1-3H3/q+3. The molecule has 0 aromatic heterocycles. The van der Waals surface area contributed by atoms with E-state index in [2.05, 4.69) is 145 Å². The van der Waals surface area contributed by atoms with Crippen molar-refractivity contribution in [2.45, 2.75) is 32.6 Å². The SMILES string of the molecule is Cc1cccc(C(C)C)c1[N+]1=C2C(=[N+]3CC[P+](c4ccccc4)(c4ccccc4)C31)c1cccc3cccc2c13. The lowest BCUT2D eigenvalue weighted by molar-refractivity contribution is -0.694. The van der Waals surface area contributed by atoms with E-state index in [9.17, 15) is 0 Å². The van der Waals surface area contributed by atoms with Crippen molar-refractivity contribution in [3.05, 3.63) is 138 Å². The Labute approximate surface area is 237 Å². The zero-order valence-electron chi connectivity index (χ0n) is 23.4. The van der Waals surface area contributed by atoms with Gasteiger partial charge in [-0.05, 0) is 54.6 Å². The summed E-state index contributed by atoms with van der Waals surface area (Å²) < 4.78 is 5.62. The van der Waals surface area contributed by atoms with Crippen molar-refractivity contribution in [3.8, 4) is 0 Å². The van der Waals surface area contributed by atoms with Crippen molar-refractivity contribution < 1.29 is 9.15 Å². The summed E-state index contributed by atoms with van der Waals surface area (Å²) in [5.41, 5.74) is 9.82. The Morgan fingerprint density at radius 1 is 0.675 bits per heavy atom. The average molecular weight is 538 g/mol. The fourth-order valence-electron chi connectivity index (χ4n) is 7.70. The van der Waals surface area contributed by atoms with Gasteiger partial charge in [-0.2, -0.15) is 0 Å². The Balaban J connectivity index is 1.54. The van der Waals surface area contributed by atoms with Crippen molar-refractivity contribution in [3.63, 3.8) is 0 Å². The smallest absolute Gasteiger partial charge is 0.124 e. The first kappa shape index (κ1) is 24.0. The first-order chi connectivity index (χ1) is 19.6. The van der Waals surface area contributed by atoms with Crippen molar-refractivity contribution in [1.82, 2.24) is 0 Å². The van der Waals surface area contributed by atoms with Gasteiger partial charge in [-0.1, -0.05) is 97.3 Å². The van der Waals surface area contributed by atoms with E-state index >= 15 is 0 Å². The molecule has 5 aromatic rings. The number of nitrogens with zero attached hydrogens (tertiary/aromatic N) is 2. The van der Waals surface area contributed by atoms with E-state index in [0.717, 1.165) is 6.54 Å². The summed E-state index contributed by atoms with van der Waals surface area (Å²) in [7, 11) is -1.88. The third kappa shape index (κ3) is 3.09. The molecule has 1 aliphatic carbocycles. The second kappa shape index (κ2) is 8.82. The van der Waals surface area contributed by atoms with Crippen LogP contribution in [0.1, 0.15) is 42.0 Å². The summed E-state index contributed by atoms with van der Waals surface area (Å²) in [5, 5.41) is 5.76. The van der Waals surface area contributed by atoms with Crippen LogP contribution in [-0.2, 0) is 0 Å². The minimum Gasteiger partial charge on any atom is -0.124 e. The van der Waals surface area contributed by atoms with Crippen LogP contribution < -0.4 is 10.6 Å². The first-order valence-corrected chi connectivity index (χ1v) is 16.6. The molecule has 0 N–H and O–H groups in total. The summed E-state index contributed by atoms with van der Waals surface area (Å²) in [4.78, 5) is 0. The molecular weight excluding hydrogens is 503 g/mol. The van der Waals surface area contributed by atoms with Crippen LogP contribution in [0.3, 0.4) is 0 Å². The maximum atomic E-state index is 2.82. The number of hydrogen-bond acceptors (Lipinski definition) is 0. The van der Waals surface area contributed by atoms with Gasteiger partial charge in [0.05, 0.1) is 11.1 Å². The Morgan fingerprint density at radius 3 is 1.90 bits per heavy atom. The molecule has 1 saturated heterocycles. The van der Waals surface area contributed by atoms with Gasteiger partial charge in [0.15, 0.2) is 6.54 Å². The number of fused-ring (bicyclic) bond motifs is 4. The summed E-state index contributed by atoms with van der Waals surface area (Å²) in [6, 6.07) is 43.6. The van der Waals surface area contributed by atoms with Gasteiger partial charge >= 0.3 is 5.91 Å². The molecule has 1 fully saturated rings. The number of benzene rings is 5. The second-order valence-corrected chi connectivity index (χ2v) is 15.4. The Hall–Kier alpha value is -3.87. The third-order valence-electron chi connectivity index (χ3n) is 9.33. The minimum atomic E-state index is -1.88. The van der Waals surface area contributed by atoms with Crippen molar-refractivity contribution >= 4 is 45.8 Å². The number of aryl methyl sites for hydroxylation is 1. The van der Waals surface area contributed by atoms with Crippen molar-refractivity contribution in [2.24, 2.45) is 0 Å². The highest BCUT2D eigenvalue weighted by Crippen LogP contribution is 2.66. The van der Waals surface area contributed by atoms with Crippen LogP contribution in [-0.4, -0.2) is 39.2 Å². The van der Waals surface area contributed by atoms with Gasteiger partial charge in [0.25, 0.3) is 11.4 Å². The van der Waals surface area contributed by atoms with Crippen molar-refractivity contribution in [2.75, 3.05) is 12.7 Å². The van der Waals surface area contributed by atoms with E-state index in [1.807, 2.05) is 0 Å². The molecule has 194 valence electrons. The molecule has 8 rings (SSSR count). The summed E-state index contributed by atoms with van der Waals surface area (Å²) in [5.74, 6) is 0.666. The Bertz CT molecular complexity index is 1840. The summed E-state index contributed by atoms with van der Waals surface area (Å²) in [6.07, 6.45) is 1.17. The molecule has 3 aliphatic rings. The zero-order chi connectivity index (χ0) is 27.0. The number of rotatable bonds is 4. The van der Waals surface area contributed by atoms with Crippen LogP contribution >= 0.6 is 7.26 Å². The Morgan fingerprint density at radius 2 is 1.27 bits per heavy atom. The maximum Gasteiger partial charge on any atom is 0.449 e. The molecule has 0 amide bonds. The van der Waals surface area contributed by atoms with Crippen LogP contribution in [0.15, 0.2) is 115 Å². The summed E-state index contributed by atoms with van der Waals surface area (Å²) in [6.45, 7) is 8.06. The zero-order valence-corrected chi connectivity index (χ0v) is 24.3. The molecule has 2 aliphatic heterocycles. The lowest BCUT2D eigenvalue weighted by Crippen LogP contribution is -2.38. The van der Waals surface area contributed by atoms with Crippen LogP contribution in [0.4, 0.5) is 5.69 Å². The van der Waals surface area contributed by atoms with Crippen LogP contribution in [0.25, 0.3) is 10.8 Å². The fourth-order valence-corrected chi connectivity index (χ4v) is 12.6. The highest BCUT2D eigenvalue weighted by Gasteiger charge is 2.74. The molecule has 1 unspecified atom stereocenters. The topological polar surface area (TPSA) is 6.02 Å². The van der Waals surface area contributed by atoms with Gasteiger partial charge in [-0.15, -0.1) is 4.58 Å². The van der Waals surface area contributed by atoms with Crippen LogP contribution in [0.2, 0.25) is 0 Å². The molecule has 2 nitrogen and oxygen atoms in total. The predicted molar refractivity (Wildman–Crippen MR) is 170 cm³/mol. The van der Waals surface area contributed by atoms with Gasteiger partial charge in [-0.25, -0.2) is 0 Å². The predicted octanol–water partition coefficient (Wildman–Crippen LogP) is 7.20. The molecule has 40 heavy (non-hydrogen) atoms. The van der Waals surface area contributed by atoms with E-state index in [1.165, 1.54) is 66.9 Å².